The van der Waals surface area contributed by atoms with E-state index in [2.05, 4.69) is 42.9 Å². The minimum Gasteiger partial charge on any atom is -0.373 e. The summed E-state index contributed by atoms with van der Waals surface area (Å²) >= 11 is 0. The summed E-state index contributed by atoms with van der Waals surface area (Å²) in [6, 6.07) is -0.0796. The average Bonchev–Trinajstić information content (AvgIpc) is 2.52. The summed E-state index contributed by atoms with van der Waals surface area (Å²) < 4.78 is 0. The normalized spacial score (nSPS) is 19.0. The summed E-state index contributed by atoms with van der Waals surface area (Å²) in [6.07, 6.45) is 5.33. The first-order valence-corrected chi connectivity index (χ1v) is 9.36. The second-order valence-corrected chi connectivity index (χ2v) is 7.26. The number of nitrogens with zero attached hydrogens (tertiary/aromatic N) is 1. The molecular formula is C19H35N3O2. The number of likely N-dealkylation sites (N-methyl/N-ethyl adjacent to an activating group) is 1. The second kappa shape index (κ2) is 10.4. The Kier molecular flexibility index (Phi) is 8.87. The molecule has 0 aromatic carbocycles. The van der Waals surface area contributed by atoms with Crippen LogP contribution in [0.4, 0.5) is 0 Å². The number of carbonyl (C=O) groups is 2. The van der Waals surface area contributed by atoms with Gasteiger partial charge in [0.1, 0.15) is 6.04 Å². The number of hydrogen-bond acceptors (Lipinski definition) is 3. The zero-order valence-corrected chi connectivity index (χ0v) is 15.9. The van der Waals surface area contributed by atoms with Crippen LogP contribution in [0.3, 0.4) is 0 Å². The smallest absolute Gasteiger partial charge is 0.242 e. The molecule has 0 bridgehead atoms. The molecule has 5 heteroatoms. The molecule has 1 aliphatic rings. The first-order chi connectivity index (χ1) is 11.3. The summed E-state index contributed by atoms with van der Waals surface area (Å²) in [6.45, 7) is 14.0. The Morgan fingerprint density at radius 1 is 1.29 bits per heavy atom. The van der Waals surface area contributed by atoms with Gasteiger partial charge in [0, 0.05) is 37.7 Å². The average molecular weight is 338 g/mol. The fourth-order valence-corrected chi connectivity index (χ4v) is 3.11. The van der Waals surface area contributed by atoms with Gasteiger partial charge < -0.3 is 15.5 Å². The molecule has 0 aromatic heterocycles. The molecule has 0 aliphatic carbocycles. The fraction of sp³-hybridized carbons (Fsp3) is 0.789. The van der Waals surface area contributed by atoms with Crippen LogP contribution in [-0.2, 0) is 9.59 Å². The third-order valence-corrected chi connectivity index (χ3v) is 4.60. The molecule has 5 nitrogen and oxygen atoms in total. The van der Waals surface area contributed by atoms with E-state index >= 15 is 0 Å². The predicted octanol–water partition coefficient (Wildman–Crippen LogP) is 2.82. The molecule has 1 rings (SSSR count). The van der Waals surface area contributed by atoms with Crippen LogP contribution in [0.15, 0.2) is 12.3 Å². The lowest BCUT2D eigenvalue weighted by Crippen LogP contribution is -2.48. The maximum atomic E-state index is 12.3. The summed E-state index contributed by atoms with van der Waals surface area (Å²) in [4.78, 5) is 26.8. The van der Waals surface area contributed by atoms with Crippen LogP contribution in [0.5, 0.6) is 0 Å². The monoisotopic (exact) mass is 337 g/mol. The Labute approximate surface area is 147 Å². The highest BCUT2D eigenvalue weighted by molar-refractivity contribution is 5.87. The molecule has 2 N–H and O–H groups in total. The maximum absolute atomic E-state index is 12.3. The van der Waals surface area contributed by atoms with Gasteiger partial charge in [-0.2, -0.15) is 0 Å². The second-order valence-electron chi connectivity index (χ2n) is 7.26. The summed E-state index contributed by atoms with van der Waals surface area (Å²) in [5.41, 5.74) is 0.947. The minimum absolute atomic E-state index is 0.0561. The topological polar surface area (TPSA) is 61.4 Å². The van der Waals surface area contributed by atoms with E-state index in [0.29, 0.717) is 31.3 Å². The van der Waals surface area contributed by atoms with Gasteiger partial charge in [-0.3, -0.25) is 9.59 Å². The van der Waals surface area contributed by atoms with Gasteiger partial charge in [0.2, 0.25) is 11.8 Å². The largest absolute Gasteiger partial charge is 0.373 e. The van der Waals surface area contributed by atoms with Gasteiger partial charge in [-0.1, -0.05) is 20.4 Å². The summed E-state index contributed by atoms with van der Waals surface area (Å²) in [5, 5.41) is 5.73. The predicted molar refractivity (Wildman–Crippen MR) is 98.5 cm³/mol. The number of hydrogen-bond donors (Lipinski definition) is 2. The molecule has 0 unspecified atom stereocenters. The third kappa shape index (κ3) is 6.93. The van der Waals surface area contributed by atoms with Crippen LogP contribution >= 0.6 is 0 Å². The van der Waals surface area contributed by atoms with Crippen LogP contribution in [0.25, 0.3) is 0 Å². The van der Waals surface area contributed by atoms with Crippen molar-refractivity contribution >= 4 is 11.8 Å². The molecule has 1 saturated heterocycles. The molecule has 0 radical (unpaired) electrons. The highest BCUT2D eigenvalue weighted by atomic mass is 16.2. The van der Waals surface area contributed by atoms with E-state index < -0.39 is 6.04 Å². The lowest BCUT2D eigenvalue weighted by Gasteiger charge is -2.37. The molecule has 2 atom stereocenters. The zero-order chi connectivity index (χ0) is 18.1. The molecule has 0 saturated carbocycles. The molecule has 0 aromatic rings. The van der Waals surface area contributed by atoms with Gasteiger partial charge in [0.05, 0.1) is 0 Å². The molecule has 24 heavy (non-hydrogen) atoms. The lowest BCUT2D eigenvalue weighted by atomic mass is 10.0. The number of nitrogens with one attached hydrogen (secondary N) is 2. The first kappa shape index (κ1) is 20.5. The van der Waals surface area contributed by atoms with Crippen molar-refractivity contribution in [3.8, 4) is 0 Å². The zero-order valence-electron chi connectivity index (χ0n) is 15.9. The van der Waals surface area contributed by atoms with Crippen LogP contribution in [-0.4, -0.2) is 41.9 Å². The molecule has 0 spiro atoms. The van der Waals surface area contributed by atoms with Crippen LogP contribution in [0.1, 0.15) is 66.2 Å². The number of rotatable bonds is 9. The van der Waals surface area contributed by atoms with Gasteiger partial charge in [-0.25, -0.2) is 0 Å². The van der Waals surface area contributed by atoms with Crippen molar-refractivity contribution in [1.82, 2.24) is 15.5 Å². The molecule has 1 fully saturated rings. The molecular weight excluding hydrogens is 302 g/mol. The number of carbonyl (C=O) groups excluding carboxylic acids is 2. The molecule has 138 valence electrons. The van der Waals surface area contributed by atoms with Gasteiger partial charge in [0.25, 0.3) is 0 Å². The Bertz CT molecular complexity index is 434. The van der Waals surface area contributed by atoms with E-state index in [0.717, 1.165) is 31.5 Å². The third-order valence-electron chi connectivity index (χ3n) is 4.60. The van der Waals surface area contributed by atoms with Crippen molar-refractivity contribution in [2.75, 3.05) is 13.1 Å². The van der Waals surface area contributed by atoms with Crippen molar-refractivity contribution in [1.29, 1.82) is 0 Å². The van der Waals surface area contributed by atoms with E-state index in [4.69, 9.17) is 0 Å². The van der Waals surface area contributed by atoms with E-state index in [-0.39, 0.29) is 11.8 Å². The van der Waals surface area contributed by atoms with E-state index in [9.17, 15) is 9.59 Å². The Morgan fingerprint density at radius 2 is 2.00 bits per heavy atom. The molecule has 1 aliphatic heterocycles. The lowest BCUT2D eigenvalue weighted by molar-refractivity contribution is -0.129. The van der Waals surface area contributed by atoms with Crippen molar-refractivity contribution in [3.63, 3.8) is 0 Å². The van der Waals surface area contributed by atoms with Crippen molar-refractivity contribution in [2.45, 2.75) is 78.3 Å². The highest BCUT2D eigenvalue weighted by Gasteiger charge is 2.26. The summed E-state index contributed by atoms with van der Waals surface area (Å²) in [5.74, 6) is 0.295. The minimum atomic E-state index is -0.536. The van der Waals surface area contributed by atoms with Crippen molar-refractivity contribution in [2.24, 2.45) is 5.92 Å². The van der Waals surface area contributed by atoms with Crippen LogP contribution in [0, 0.1) is 5.92 Å². The SMILES string of the molecule is C=C(C[C@H](NC(=O)CCC(C)C)C(=O)NCC)N1CCCC[C@@H]1C. The number of amides is 2. The highest BCUT2D eigenvalue weighted by Crippen LogP contribution is 2.22. The van der Waals surface area contributed by atoms with Crippen LogP contribution < -0.4 is 10.6 Å². The van der Waals surface area contributed by atoms with E-state index in [1.807, 2.05) is 6.92 Å². The Morgan fingerprint density at radius 3 is 2.58 bits per heavy atom. The molecule has 1 heterocycles. The van der Waals surface area contributed by atoms with E-state index in [1.165, 1.54) is 6.42 Å². The van der Waals surface area contributed by atoms with Crippen molar-refractivity contribution < 1.29 is 9.59 Å². The van der Waals surface area contributed by atoms with Gasteiger partial charge >= 0.3 is 0 Å². The first-order valence-electron chi connectivity index (χ1n) is 9.36. The Hall–Kier alpha value is -1.52. The van der Waals surface area contributed by atoms with Gasteiger partial charge in [0.15, 0.2) is 0 Å². The van der Waals surface area contributed by atoms with Gasteiger partial charge in [-0.15, -0.1) is 0 Å². The number of piperidine rings is 1. The standard InChI is InChI=1S/C19H35N3O2/c1-6-20-19(24)17(21-18(23)11-10-14(2)3)13-16(5)22-12-8-7-9-15(22)4/h14-15,17H,5-13H2,1-4H3,(H,20,24)(H,21,23)/t15-,17-/m0/s1. The van der Waals surface area contributed by atoms with Crippen LogP contribution in [0.2, 0.25) is 0 Å². The number of likely N-dealkylation sites (tertiary alicyclic amines) is 1. The van der Waals surface area contributed by atoms with Crippen molar-refractivity contribution in [3.05, 3.63) is 12.3 Å². The Balaban J connectivity index is 2.65. The quantitative estimate of drug-likeness (QED) is 0.680. The maximum Gasteiger partial charge on any atom is 0.242 e. The molecule has 2 amide bonds. The van der Waals surface area contributed by atoms with Gasteiger partial charge in [-0.05, 0) is 45.4 Å². The fourth-order valence-electron chi connectivity index (χ4n) is 3.11. The summed E-state index contributed by atoms with van der Waals surface area (Å²) in [7, 11) is 0. The van der Waals surface area contributed by atoms with E-state index in [1.54, 1.807) is 0 Å².